The van der Waals surface area contributed by atoms with E-state index >= 15 is 0 Å². The average Bonchev–Trinajstić information content (AvgIpc) is 2.75. The Morgan fingerprint density at radius 1 is 1.20 bits per heavy atom. The number of hydrogen-bond acceptors (Lipinski definition) is 3. The van der Waals surface area contributed by atoms with Gasteiger partial charge in [0.25, 0.3) is 5.91 Å². The summed E-state index contributed by atoms with van der Waals surface area (Å²) in [5.74, 6) is -0.108. The van der Waals surface area contributed by atoms with Crippen LogP contribution in [0.2, 0.25) is 5.02 Å². The third-order valence-electron chi connectivity index (χ3n) is 3.57. The van der Waals surface area contributed by atoms with Crippen LogP contribution >= 0.6 is 24.0 Å². The molecule has 1 aromatic carbocycles. The van der Waals surface area contributed by atoms with Gasteiger partial charge in [-0.05, 0) is 51.9 Å². The molecule has 0 spiro atoms. The summed E-state index contributed by atoms with van der Waals surface area (Å²) in [6, 6.07) is 4.64. The minimum Gasteiger partial charge on any atom is -0.337 e. The maximum atomic E-state index is 12.7. The van der Waals surface area contributed by atoms with Crippen molar-refractivity contribution in [3.8, 4) is 0 Å². The molecule has 0 atom stereocenters. The molecule has 1 saturated heterocycles. The Kier molecular flexibility index (Phi) is 7.99. The zero-order chi connectivity index (χ0) is 17.7. The highest BCUT2D eigenvalue weighted by Gasteiger charge is 2.20. The van der Waals surface area contributed by atoms with Crippen LogP contribution in [0.4, 0.5) is 10.5 Å². The second-order valence-electron chi connectivity index (χ2n) is 6.92. The molecular formula is C17H26Cl2N4O2. The van der Waals surface area contributed by atoms with Crippen molar-refractivity contribution in [2.75, 3.05) is 31.5 Å². The van der Waals surface area contributed by atoms with Gasteiger partial charge in [-0.25, -0.2) is 4.79 Å². The van der Waals surface area contributed by atoms with Crippen LogP contribution in [-0.2, 0) is 0 Å². The Labute approximate surface area is 160 Å². The zero-order valence-corrected chi connectivity index (χ0v) is 16.4. The topological polar surface area (TPSA) is 73.5 Å². The van der Waals surface area contributed by atoms with Gasteiger partial charge in [0.05, 0.1) is 10.6 Å². The molecule has 140 valence electrons. The van der Waals surface area contributed by atoms with Crippen LogP contribution in [-0.4, -0.2) is 48.6 Å². The number of carbonyl (C=O) groups excluding carboxylic acids is 2. The highest BCUT2D eigenvalue weighted by molar-refractivity contribution is 6.34. The third kappa shape index (κ3) is 6.72. The van der Waals surface area contributed by atoms with E-state index in [1.807, 2.05) is 20.8 Å². The summed E-state index contributed by atoms with van der Waals surface area (Å²) in [6.07, 6.45) is 0.912. The van der Waals surface area contributed by atoms with Crippen LogP contribution in [0.25, 0.3) is 0 Å². The van der Waals surface area contributed by atoms with E-state index in [1.54, 1.807) is 23.1 Å². The monoisotopic (exact) mass is 388 g/mol. The van der Waals surface area contributed by atoms with Crippen LogP contribution in [0.3, 0.4) is 0 Å². The molecule has 1 heterocycles. The van der Waals surface area contributed by atoms with Gasteiger partial charge in [-0.1, -0.05) is 11.6 Å². The predicted octanol–water partition coefficient (Wildman–Crippen LogP) is 3.12. The van der Waals surface area contributed by atoms with Crippen LogP contribution in [0.1, 0.15) is 37.6 Å². The number of halogens is 2. The minimum atomic E-state index is -0.339. The molecule has 25 heavy (non-hydrogen) atoms. The third-order valence-corrected chi connectivity index (χ3v) is 3.90. The van der Waals surface area contributed by atoms with Gasteiger partial charge in [0.2, 0.25) is 0 Å². The van der Waals surface area contributed by atoms with Crippen LogP contribution in [0.15, 0.2) is 18.2 Å². The number of anilines is 1. The lowest BCUT2D eigenvalue weighted by atomic mass is 10.1. The molecular weight excluding hydrogens is 363 g/mol. The standard InChI is InChI=1S/C17H25ClN4O2.ClH/c1-17(2,3)21-16(24)20-12-5-6-14(18)13(11-12)15(23)22-9-4-7-19-8-10-22;/h5-6,11,19H,4,7-10H2,1-3H3,(H2,20,21,24);1H. The van der Waals surface area contributed by atoms with Gasteiger partial charge in [0.15, 0.2) is 0 Å². The summed E-state index contributed by atoms with van der Waals surface area (Å²) in [5.41, 5.74) is 0.610. The molecule has 0 aliphatic carbocycles. The fourth-order valence-corrected chi connectivity index (χ4v) is 2.69. The Morgan fingerprint density at radius 3 is 2.60 bits per heavy atom. The number of benzene rings is 1. The lowest BCUT2D eigenvalue weighted by Gasteiger charge is -2.22. The van der Waals surface area contributed by atoms with E-state index in [4.69, 9.17) is 11.6 Å². The van der Waals surface area contributed by atoms with Crippen molar-refractivity contribution in [1.82, 2.24) is 15.5 Å². The van der Waals surface area contributed by atoms with E-state index in [2.05, 4.69) is 16.0 Å². The lowest BCUT2D eigenvalue weighted by Crippen LogP contribution is -2.43. The molecule has 3 N–H and O–H groups in total. The van der Waals surface area contributed by atoms with Gasteiger partial charge < -0.3 is 20.9 Å². The summed E-state index contributed by atoms with van der Waals surface area (Å²) in [7, 11) is 0. The molecule has 2 rings (SSSR count). The molecule has 1 aliphatic heterocycles. The Bertz CT molecular complexity index is 609. The first kappa shape index (κ1) is 21.5. The molecule has 0 saturated carbocycles. The van der Waals surface area contributed by atoms with E-state index in [1.165, 1.54) is 0 Å². The van der Waals surface area contributed by atoms with Gasteiger partial charge >= 0.3 is 6.03 Å². The second-order valence-corrected chi connectivity index (χ2v) is 7.33. The van der Waals surface area contributed by atoms with E-state index in [-0.39, 0.29) is 29.9 Å². The van der Waals surface area contributed by atoms with Crippen molar-refractivity contribution >= 4 is 41.6 Å². The zero-order valence-electron chi connectivity index (χ0n) is 14.8. The SMILES string of the molecule is CC(C)(C)NC(=O)Nc1ccc(Cl)c(C(=O)N2CCCNCC2)c1.Cl. The van der Waals surface area contributed by atoms with Gasteiger partial charge in [0.1, 0.15) is 0 Å². The van der Waals surface area contributed by atoms with Crippen LogP contribution in [0.5, 0.6) is 0 Å². The summed E-state index contributed by atoms with van der Waals surface area (Å²) in [5, 5.41) is 9.21. The summed E-state index contributed by atoms with van der Waals surface area (Å²) >= 11 is 6.20. The molecule has 0 radical (unpaired) electrons. The first-order chi connectivity index (χ1) is 11.3. The fourth-order valence-electron chi connectivity index (χ4n) is 2.49. The number of rotatable bonds is 2. The van der Waals surface area contributed by atoms with Gasteiger partial charge in [0, 0.05) is 30.9 Å². The molecule has 3 amide bonds. The Hall–Kier alpha value is -1.50. The van der Waals surface area contributed by atoms with Gasteiger partial charge in [-0.2, -0.15) is 0 Å². The van der Waals surface area contributed by atoms with Crippen molar-refractivity contribution < 1.29 is 9.59 Å². The average molecular weight is 389 g/mol. The van der Waals surface area contributed by atoms with E-state index in [0.717, 1.165) is 19.5 Å². The number of amides is 3. The molecule has 8 heteroatoms. The number of nitrogens with zero attached hydrogens (tertiary/aromatic N) is 1. The number of urea groups is 1. The number of carbonyl (C=O) groups is 2. The van der Waals surface area contributed by atoms with Gasteiger partial charge in [-0.15, -0.1) is 12.4 Å². The molecule has 1 aromatic rings. The van der Waals surface area contributed by atoms with E-state index < -0.39 is 0 Å². The molecule has 0 bridgehead atoms. The first-order valence-corrected chi connectivity index (χ1v) is 8.53. The molecule has 6 nitrogen and oxygen atoms in total. The quantitative estimate of drug-likeness (QED) is 0.728. The number of nitrogens with one attached hydrogen (secondary N) is 3. The van der Waals surface area contributed by atoms with Crippen molar-refractivity contribution in [3.05, 3.63) is 28.8 Å². The highest BCUT2D eigenvalue weighted by Crippen LogP contribution is 2.22. The van der Waals surface area contributed by atoms with Crippen molar-refractivity contribution in [2.45, 2.75) is 32.7 Å². The first-order valence-electron chi connectivity index (χ1n) is 8.15. The fraction of sp³-hybridized carbons (Fsp3) is 0.529. The van der Waals surface area contributed by atoms with E-state index in [0.29, 0.717) is 29.4 Å². The maximum Gasteiger partial charge on any atom is 0.319 e. The largest absolute Gasteiger partial charge is 0.337 e. The summed E-state index contributed by atoms with van der Waals surface area (Å²) < 4.78 is 0. The lowest BCUT2D eigenvalue weighted by molar-refractivity contribution is 0.0766. The maximum absolute atomic E-state index is 12.7. The van der Waals surface area contributed by atoms with Crippen molar-refractivity contribution in [3.63, 3.8) is 0 Å². The van der Waals surface area contributed by atoms with E-state index in [9.17, 15) is 9.59 Å². The molecule has 0 unspecified atom stereocenters. The van der Waals surface area contributed by atoms with Gasteiger partial charge in [-0.3, -0.25) is 4.79 Å². The predicted molar refractivity (Wildman–Crippen MR) is 104 cm³/mol. The Morgan fingerprint density at radius 2 is 1.92 bits per heavy atom. The summed E-state index contributed by atoms with van der Waals surface area (Å²) in [4.78, 5) is 26.5. The van der Waals surface area contributed by atoms with Crippen LogP contribution in [0, 0.1) is 0 Å². The Balaban J connectivity index is 0.00000312. The smallest absolute Gasteiger partial charge is 0.319 e. The molecule has 1 aliphatic rings. The normalized spacial score (nSPS) is 15.0. The number of hydrogen-bond donors (Lipinski definition) is 3. The molecule has 0 aromatic heterocycles. The highest BCUT2D eigenvalue weighted by atomic mass is 35.5. The molecule has 1 fully saturated rings. The minimum absolute atomic E-state index is 0. The van der Waals surface area contributed by atoms with Crippen molar-refractivity contribution in [2.24, 2.45) is 0 Å². The second kappa shape index (κ2) is 9.27. The van der Waals surface area contributed by atoms with Crippen LogP contribution < -0.4 is 16.0 Å². The van der Waals surface area contributed by atoms with Crippen molar-refractivity contribution in [1.29, 1.82) is 0 Å². The summed E-state index contributed by atoms with van der Waals surface area (Å²) in [6.45, 7) is 8.73.